The van der Waals surface area contributed by atoms with Gasteiger partial charge < -0.3 is 14.2 Å². The van der Waals surface area contributed by atoms with Crippen LogP contribution in [0.3, 0.4) is 0 Å². The van der Waals surface area contributed by atoms with E-state index >= 15 is 0 Å². The molecule has 6 heteroatoms. The molecular weight excluding hydrogens is 388 g/mol. The summed E-state index contributed by atoms with van der Waals surface area (Å²) in [7, 11) is 0. The summed E-state index contributed by atoms with van der Waals surface area (Å²) < 4.78 is 16.4. The van der Waals surface area contributed by atoms with E-state index in [0.29, 0.717) is 19.8 Å². The van der Waals surface area contributed by atoms with Crippen molar-refractivity contribution in [3.05, 3.63) is 0 Å². The van der Waals surface area contributed by atoms with Gasteiger partial charge in [-0.1, -0.05) is 72.1 Å². The van der Waals surface area contributed by atoms with E-state index in [1.54, 1.807) is 0 Å². The Kier molecular flexibility index (Phi) is 20.0. The number of esters is 2. The minimum atomic E-state index is -0.579. The van der Waals surface area contributed by atoms with Crippen LogP contribution in [0.25, 0.3) is 0 Å². The Balaban J connectivity index is 4.27. The molecular formula is C23H44O5S. The molecule has 0 bridgehead atoms. The van der Waals surface area contributed by atoms with E-state index < -0.39 is 5.25 Å². The second-order valence-electron chi connectivity index (χ2n) is 7.48. The number of rotatable bonds is 20. The quantitative estimate of drug-likeness (QED) is 0.128. The predicted octanol–water partition coefficient (Wildman–Crippen LogP) is 6.28. The third-order valence-corrected chi connectivity index (χ3v) is 5.78. The van der Waals surface area contributed by atoms with E-state index in [-0.39, 0.29) is 23.8 Å². The maximum Gasteiger partial charge on any atom is 0.319 e. The Morgan fingerprint density at radius 2 is 1.28 bits per heavy atom. The number of hydrogen-bond acceptors (Lipinski definition) is 6. The molecule has 0 N–H and O–H groups in total. The molecule has 0 amide bonds. The summed E-state index contributed by atoms with van der Waals surface area (Å²) in [6, 6.07) is 0. The minimum Gasteiger partial charge on any atom is -0.466 e. The molecule has 0 fully saturated rings. The molecule has 0 radical (unpaired) electrons. The number of thioether (sulfide) groups is 1. The van der Waals surface area contributed by atoms with Crippen molar-refractivity contribution in [2.45, 2.75) is 115 Å². The van der Waals surface area contributed by atoms with Crippen molar-refractivity contribution in [2.24, 2.45) is 0 Å². The Morgan fingerprint density at radius 1 is 0.724 bits per heavy atom. The Labute approximate surface area is 183 Å². The highest BCUT2D eigenvalue weighted by atomic mass is 32.2. The van der Waals surface area contributed by atoms with Crippen LogP contribution in [0.1, 0.15) is 105 Å². The average Bonchev–Trinajstić information content (AvgIpc) is 2.69. The smallest absolute Gasteiger partial charge is 0.319 e. The zero-order chi connectivity index (χ0) is 21.7. The van der Waals surface area contributed by atoms with Gasteiger partial charge in [-0.25, -0.2) is 0 Å². The molecule has 5 nitrogen and oxygen atoms in total. The highest BCUT2D eigenvalue weighted by Crippen LogP contribution is 2.24. The third kappa shape index (κ3) is 17.8. The molecule has 0 rings (SSSR count). The first-order valence-electron chi connectivity index (χ1n) is 11.6. The van der Waals surface area contributed by atoms with Crippen LogP contribution < -0.4 is 0 Å². The van der Waals surface area contributed by atoms with Gasteiger partial charge in [-0.05, 0) is 26.2 Å². The van der Waals surface area contributed by atoms with Gasteiger partial charge in [0, 0.05) is 6.61 Å². The van der Waals surface area contributed by atoms with Crippen LogP contribution in [0.4, 0.5) is 0 Å². The van der Waals surface area contributed by atoms with Crippen LogP contribution >= 0.6 is 11.8 Å². The maximum atomic E-state index is 12.4. The third-order valence-electron chi connectivity index (χ3n) is 4.57. The van der Waals surface area contributed by atoms with Crippen molar-refractivity contribution in [1.82, 2.24) is 0 Å². The summed E-state index contributed by atoms with van der Waals surface area (Å²) in [5.74, 6) is -0.690. The second kappa shape index (κ2) is 20.5. The maximum absolute atomic E-state index is 12.4. The van der Waals surface area contributed by atoms with Gasteiger partial charge in [0.15, 0.2) is 0 Å². The van der Waals surface area contributed by atoms with E-state index in [2.05, 4.69) is 6.92 Å². The SMILES string of the molecule is CCCCCCCCCO[C@H](C)SC(CC(=O)OCCCC)C(=O)OCCCC. The molecule has 0 saturated carbocycles. The van der Waals surface area contributed by atoms with Gasteiger partial charge in [-0.2, -0.15) is 0 Å². The first-order valence-corrected chi connectivity index (χ1v) is 12.6. The van der Waals surface area contributed by atoms with Crippen molar-refractivity contribution in [3.8, 4) is 0 Å². The van der Waals surface area contributed by atoms with Gasteiger partial charge in [0.1, 0.15) is 10.7 Å². The average molecular weight is 433 g/mol. The fourth-order valence-electron chi connectivity index (χ4n) is 2.72. The molecule has 0 saturated heterocycles. The van der Waals surface area contributed by atoms with Crippen LogP contribution in [0.2, 0.25) is 0 Å². The molecule has 29 heavy (non-hydrogen) atoms. The molecule has 0 spiro atoms. The van der Waals surface area contributed by atoms with Crippen molar-refractivity contribution in [2.75, 3.05) is 19.8 Å². The van der Waals surface area contributed by atoms with Gasteiger partial charge in [0.25, 0.3) is 0 Å². The second-order valence-corrected chi connectivity index (χ2v) is 8.99. The Bertz CT molecular complexity index is 403. The molecule has 0 aromatic rings. The van der Waals surface area contributed by atoms with Crippen LogP contribution in [-0.2, 0) is 23.8 Å². The lowest BCUT2D eigenvalue weighted by Crippen LogP contribution is -2.27. The van der Waals surface area contributed by atoms with Gasteiger partial charge in [0.05, 0.1) is 19.6 Å². The summed E-state index contributed by atoms with van der Waals surface area (Å²) in [5, 5.41) is -0.579. The van der Waals surface area contributed by atoms with Crippen molar-refractivity contribution in [1.29, 1.82) is 0 Å². The Morgan fingerprint density at radius 3 is 1.90 bits per heavy atom. The van der Waals surface area contributed by atoms with Gasteiger partial charge in [-0.3, -0.25) is 9.59 Å². The number of carbonyl (C=O) groups is 2. The van der Waals surface area contributed by atoms with Crippen molar-refractivity contribution >= 4 is 23.7 Å². The molecule has 172 valence electrons. The fraction of sp³-hybridized carbons (Fsp3) is 0.913. The number of carbonyl (C=O) groups excluding carboxylic acids is 2. The van der Waals surface area contributed by atoms with Crippen molar-refractivity contribution in [3.63, 3.8) is 0 Å². The largest absolute Gasteiger partial charge is 0.466 e. The van der Waals surface area contributed by atoms with E-state index in [4.69, 9.17) is 14.2 Å². The topological polar surface area (TPSA) is 61.8 Å². The fourth-order valence-corrected chi connectivity index (χ4v) is 3.77. The Hall–Kier alpha value is -0.750. The molecule has 2 atom stereocenters. The monoisotopic (exact) mass is 432 g/mol. The van der Waals surface area contributed by atoms with E-state index in [9.17, 15) is 9.59 Å². The number of hydrogen-bond donors (Lipinski definition) is 0. The van der Waals surface area contributed by atoms with Gasteiger partial charge >= 0.3 is 11.9 Å². The first-order chi connectivity index (χ1) is 14.0. The molecule has 1 unspecified atom stereocenters. The number of unbranched alkanes of at least 4 members (excludes halogenated alkanes) is 8. The van der Waals surface area contributed by atoms with E-state index in [1.807, 2.05) is 20.8 Å². The molecule has 0 aliphatic rings. The highest BCUT2D eigenvalue weighted by Gasteiger charge is 2.27. The first kappa shape index (κ1) is 28.2. The zero-order valence-corrected chi connectivity index (χ0v) is 20.0. The van der Waals surface area contributed by atoms with E-state index in [0.717, 1.165) is 32.1 Å². The molecule has 0 aromatic carbocycles. The van der Waals surface area contributed by atoms with Crippen LogP contribution in [-0.4, -0.2) is 42.4 Å². The van der Waals surface area contributed by atoms with Crippen LogP contribution in [0.15, 0.2) is 0 Å². The highest BCUT2D eigenvalue weighted by molar-refractivity contribution is 8.01. The molecule has 0 aliphatic carbocycles. The molecule has 0 aliphatic heterocycles. The van der Waals surface area contributed by atoms with Crippen molar-refractivity contribution < 1.29 is 23.8 Å². The summed E-state index contributed by atoms with van der Waals surface area (Å²) in [6.45, 7) is 9.73. The standard InChI is InChI=1S/C23H44O5S/c1-5-8-11-12-13-14-15-18-26-20(4)29-21(23(25)28-17-10-7-3)19-22(24)27-16-9-6-2/h20-21H,5-19H2,1-4H3/t20-,21?/m0/s1. The predicted molar refractivity (Wildman–Crippen MR) is 121 cm³/mol. The summed E-state index contributed by atoms with van der Waals surface area (Å²) in [4.78, 5) is 24.5. The number of ether oxygens (including phenoxy) is 3. The summed E-state index contributed by atoms with van der Waals surface area (Å²) in [5.41, 5.74) is -0.165. The lowest BCUT2D eigenvalue weighted by atomic mass is 10.1. The molecule has 0 aromatic heterocycles. The lowest BCUT2D eigenvalue weighted by molar-refractivity contribution is -0.149. The molecule has 0 heterocycles. The van der Waals surface area contributed by atoms with E-state index in [1.165, 1.54) is 50.3 Å². The minimum absolute atomic E-state index is 0.0322. The van der Waals surface area contributed by atoms with Gasteiger partial charge in [-0.15, -0.1) is 11.8 Å². The summed E-state index contributed by atoms with van der Waals surface area (Å²) in [6.07, 6.45) is 12.3. The van der Waals surface area contributed by atoms with Gasteiger partial charge in [0.2, 0.25) is 0 Å². The summed E-state index contributed by atoms with van der Waals surface area (Å²) >= 11 is 1.36. The van der Waals surface area contributed by atoms with Crippen LogP contribution in [0.5, 0.6) is 0 Å². The lowest BCUT2D eigenvalue weighted by Gasteiger charge is -2.20. The zero-order valence-electron chi connectivity index (χ0n) is 19.2. The normalized spacial score (nSPS) is 13.1. The van der Waals surface area contributed by atoms with Crippen LogP contribution in [0, 0.1) is 0 Å².